The molecule has 1 aromatic rings. The lowest BCUT2D eigenvalue weighted by atomic mass is 10.1. The molecular formula is C12H11BrN2O2. The first kappa shape index (κ1) is 11.9. The number of carboxylic acids is 1. The zero-order chi connectivity index (χ0) is 12.4. The number of halogens is 1. The lowest BCUT2D eigenvalue weighted by Crippen LogP contribution is -2.22. The van der Waals surface area contributed by atoms with Gasteiger partial charge in [0.2, 0.25) is 0 Å². The number of hydrogen-bond acceptors (Lipinski definition) is 3. The van der Waals surface area contributed by atoms with E-state index < -0.39 is 5.97 Å². The Bertz CT molecular complexity index is 496. The van der Waals surface area contributed by atoms with Gasteiger partial charge in [0.15, 0.2) is 0 Å². The van der Waals surface area contributed by atoms with Crippen LogP contribution < -0.4 is 4.90 Å². The molecule has 17 heavy (non-hydrogen) atoms. The predicted octanol–water partition coefficient (Wildman–Crippen LogP) is 2.23. The topological polar surface area (TPSA) is 64.3 Å². The summed E-state index contributed by atoms with van der Waals surface area (Å²) >= 11 is 3.33. The minimum absolute atomic E-state index is 0.288. The quantitative estimate of drug-likeness (QED) is 0.908. The van der Waals surface area contributed by atoms with Crippen LogP contribution in [0.5, 0.6) is 0 Å². The molecule has 0 aliphatic carbocycles. The Kier molecular flexibility index (Phi) is 3.34. The SMILES string of the molecule is N#Cc1ccc(N2CCC(C(=O)O)C2)cc1Br. The molecule has 5 heteroatoms. The summed E-state index contributed by atoms with van der Waals surface area (Å²) in [4.78, 5) is 12.9. The van der Waals surface area contributed by atoms with Gasteiger partial charge in [-0.2, -0.15) is 5.26 Å². The van der Waals surface area contributed by atoms with Crippen molar-refractivity contribution in [1.82, 2.24) is 0 Å². The van der Waals surface area contributed by atoms with Crippen molar-refractivity contribution in [2.75, 3.05) is 18.0 Å². The number of rotatable bonds is 2. The van der Waals surface area contributed by atoms with E-state index in [1.807, 2.05) is 17.0 Å². The average molecular weight is 295 g/mol. The zero-order valence-electron chi connectivity index (χ0n) is 9.06. The Morgan fingerprint density at radius 3 is 2.88 bits per heavy atom. The summed E-state index contributed by atoms with van der Waals surface area (Å²) in [6.07, 6.45) is 0.674. The summed E-state index contributed by atoms with van der Waals surface area (Å²) in [5, 5.41) is 17.8. The predicted molar refractivity (Wildman–Crippen MR) is 66.8 cm³/mol. The van der Waals surface area contributed by atoms with Crippen LogP contribution in [0.4, 0.5) is 5.69 Å². The van der Waals surface area contributed by atoms with E-state index in [0.29, 0.717) is 18.5 Å². The van der Waals surface area contributed by atoms with Crippen molar-refractivity contribution in [2.45, 2.75) is 6.42 Å². The summed E-state index contributed by atoms with van der Waals surface area (Å²) in [5.41, 5.74) is 1.54. The van der Waals surface area contributed by atoms with E-state index >= 15 is 0 Å². The molecule has 88 valence electrons. The van der Waals surface area contributed by atoms with Crippen LogP contribution in [0.2, 0.25) is 0 Å². The maximum Gasteiger partial charge on any atom is 0.308 e. The maximum absolute atomic E-state index is 10.9. The molecular weight excluding hydrogens is 284 g/mol. The van der Waals surface area contributed by atoms with Crippen molar-refractivity contribution >= 4 is 27.6 Å². The van der Waals surface area contributed by atoms with Crippen LogP contribution in [0.3, 0.4) is 0 Å². The van der Waals surface area contributed by atoms with Gasteiger partial charge in [-0.25, -0.2) is 0 Å². The highest BCUT2D eigenvalue weighted by atomic mass is 79.9. The molecule has 1 atom stereocenters. The number of hydrogen-bond donors (Lipinski definition) is 1. The normalized spacial score (nSPS) is 19.1. The molecule has 0 saturated carbocycles. The van der Waals surface area contributed by atoms with Crippen LogP contribution in [0, 0.1) is 17.2 Å². The van der Waals surface area contributed by atoms with E-state index in [9.17, 15) is 4.79 Å². The van der Waals surface area contributed by atoms with Gasteiger partial charge in [0, 0.05) is 23.2 Å². The minimum atomic E-state index is -0.736. The van der Waals surface area contributed by atoms with Crippen molar-refractivity contribution in [3.63, 3.8) is 0 Å². The first-order valence-electron chi connectivity index (χ1n) is 5.29. The summed E-state index contributed by atoms with van der Waals surface area (Å²) < 4.78 is 0.747. The Morgan fingerprint density at radius 1 is 1.59 bits per heavy atom. The van der Waals surface area contributed by atoms with Crippen LogP contribution in [0.15, 0.2) is 22.7 Å². The molecule has 0 radical (unpaired) electrons. The molecule has 1 heterocycles. The molecule has 1 N–H and O–H groups in total. The Morgan fingerprint density at radius 2 is 2.35 bits per heavy atom. The number of nitriles is 1. The van der Waals surface area contributed by atoms with Gasteiger partial charge in [0.25, 0.3) is 0 Å². The molecule has 2 rings (SSSR count). The van der Waals surface area contributed by atoms with Crippen LogP contribution in [-0.4, -0.2) is 24.2 Å². The van der Waals surface area contributed by atoms with E-state index in [1.54, 1.807) is 6.07 Å². The first-order valence-corrected chi connectivity index (χ1v) is 6.08. The van der Waals surface area contributed by atoms with Gasteiger partial charge in [-0.1, -0.05) is 0 Å². The van der Waals surface area contributed by atoms with Gasteiger partial charge in [-0.3, -0.25) is 4.79 Å². The highest BCUT2D eigenvalue weighted by Crippen LogP contribution is 2.28. The monoisotopic (exact) mass is 294 g/mol. The van der Waals surface area contributed by atoms with Crippen LogP contribution in [0.25, 0.3) is 0 Å². The molecule has 1 unspecified atom stereocenters. The third kappa shape index (κ3) is 2.42. The van der Waals surface area contributed by atoms with Crippen LogP contribution >= 0.6 is 15.9 Å². The average Bonchev–Trinajstić information content (AvgIpc) is 2.78. The molecule has 1 fully saturated rings. The highest BCUT2D eigenvalue weighted by molar-refractivity contribution is 9.10. The van der Waals surface area contributed by atoms with Crippen molar-refractivity contribution in [1.29, 1.82) is 5.26 Å². The standard InChI is InChI=1S/C12H11BrN2O2/c13-11-5-10(2-1-8(11)6-14)15-4-3-9(7-15)12(16)17/h1-2,5,9H,3-4,7H2,(H,16,17). The third-order valence-electron chi connectivity index (χ3n) is 2.98. The smallest absolute Gasteiger partial charge is 0.308 e. The van der Waals surface area contributed by atoms with Crippen molar-refractivity contribution < 1.29 is 9.90 Å². The summed E-state index contributed by atoms with van der Waals surface area (Å²) in [5.74, 6) is -1.02. The van der Waals surface area contributed by atoms with Gasteiger partial charge in [-0.15, -0.1) is 0 Å². The van der Waals surface area contributed by atoms with Gasteiger partial charge >= 0.3 is 5.97 Å². The molecule has 0 amide bonds. The third-order valence-corrected chi connectivity index (χ3v) is 3.63. The number of anilines is 1. The second-order valence-corrected chi connectivity index (χ2v) is 4.90. The second kappa shape index (κ2) is 4.76. The van der Waals surface area contributed by atoms with Crippen LogP contribution in [0.1, 0.15) is 12.0 Å². The van der Waals surface area contributed by atoms with E-state index in [4.69, 9.17) is 10.4 Å². The summed E-state index contributed by atoms with van der Waals surface area (Å²) in [6, 6.07) is 7.54. The molecule has 1 aliphatic rings. The molecule has 1 saturated heterocycles. The summed E-state index contributed by atoms with van der Waals surface area (Å²) in [7, 11) is 0. The lowest BCUT2D eigenvalue weighted by Gasteiger charge is -2.18. The molecule has 4 nitrogen and oxygen atoms in total. The molecule has 0 spiro atoms. The van der Waals surface area contributed by atoms with Gasteiger partial charge in [0.05, 0.1) is 11.5 Å². The largest absolute Gasteiger partial charge is 0.481 e. The number of aliphatic carboxylic acids is 1. The van der Waals surface area contributed by atoms with Crippen molar-refractivity contribution in [2.24, 2.45) is 5.92 Å². The maximum atomic E-state index is 10.9. The van der Waals surface area contributed by atoms with E-state index in [-0.39, 0.29) is 5.92 Å². The fourth-order valence-electron chi connectivity index (χ4n) is 1.99. The van der Waals surface area contributed by atoms with E-state index in [2.05, 4.69) is 22.0 Å². The van der Waals surface area contributed by atoms with Crippen molar-refractivity contribution in [3.8, 4) is 6.07 Å². The lowest BCUT2D eigenvalue weighted by molar-refractivity contribution is -0.140. The number of carbonyl (C=O) groups is 1. The van der Waals surface area contributed by atoms with Gasteiger partial charge in [-0.05, 0) is 40.5 Å². The second-order valence-electron chi connectivity index (χ2n) is 4.05. The molecule has 0 bridgehead atoms. The number of nitrogens with zero attached hydrogens (tertiary/aromatic N) is 2. The van der Waals surface area contributed by atoms with Crippen molar-refractivity contribution in [3.05, 3.63) is 28.2 Å². The van der Waals surface area contributed by atoms with E-state index in [0.717, 1.165) is 16.7 Å². The minimum Gasteiger partial charge on any atom is -0.481 e. The van der Waals surface area contributed by atoms with Crippen LogP contribution in [-0.2, 0) is 4.79 Å². The van der Waals surface area contributed by atoms with Gasteiger partial charge in [0.1, 0.15) is 6.07 Å². The molecule has 1 aromatic carbocycles. The Hall–Kier alpha value is -1.54. The number of carboxylic acid groups (broad SMARTS) is 1. The van der Waals surface area contributed by atoms with Gasteiger partial charge < -0.3 is 10.0 Å². The highest BCUT2D eigenvalue weighted by Gasteiger charge is 2.28. The fourth-order valence-corrected chi connectivity index (χ4v) is 2.44. The Balaban J connectivity index is 2.17. The Labute approximate surface area is 108 Å². The number of benzene rings is 1. The molecule has 0 aromatic heterocycles. The van der Waals surface area contributed by atoms with E-state index in [1.165, 1.54) is 0 Å². The fraction of sp³-hybridized carbons (Fsp3) is 0.333. The zero-order valence-corrected chi connectivity index (χ0v) is 10.6. The first-order chi connectivity index (χ1) is 8.11. The summed E-state index contributed by atoms with van der Waals surface area (Å²) in [6.45, 7) is 1.28. The molecule has 1 aliphatic heterocycles.